The molecule has 5 heteroatoms. The van der Waals surface area contributed by atoms with Crippen molar-refractivity contribution in [2.75, 3.05) is 0 Å². The van der Waals surface area contributed by atoms with Gasteiger partial charge in [0.2, 0.25) is 5.89 Å². The van der Waals surface area contributed by atoms with Gasteiger partial charge in [-0.2, -0.15) is 0 Å². The molecule has 1 aromatic carbocycles. The lowest BCUT2D eigenvalue weighted by Crippen LogP contribution is -1.94. The molecule has 0 saturated carbocycles. The van der Waals surface area contributed by atoms with Crippen LogP contribution in [0.3, 0.4) is 0 Å². The van der Waals surface area contributed by atoms with Crippen LogP contribution in [0.4, 0.5) is 4.39 Å². The number of hydrogen-bond donors (Lipinski definition) is 1. The third-order valence-corrected chi connectivity index (χ3v) is 1.91. The van der Waals surface area contributed by atoms with Crippen LogP contribution in [-0.4, -0.2) is 4.98 Å². The van der Waals surface area contributed by atoms with Crippen LogP contribution in [0.1, 0.15) is 5.89 Å². The van der Waals surface area contributed by atoms with E-state index in [2.05, 4.69) is 4.98 Å². The number of nitrogens with two attached hydrogens (primary N) is 1. The minimum Gasteiger partial charge on any atom is -0.438 e. The van der Waals surface area contributed by atoms with Crippen LogP contribution >= 0.6 is 11.6 Å². The lowest BCUT2D eigenvalue weighted by molar-refractivity contribution is 0.533. The van der Waals surface area contributed by atoms with Crippen molar-refractivity contribution < 1.29 is 8.81 Å². The Bertz CT molecular complexity index is 455. The molecule has 0 aliphatic carbocycles. The maximum Gasteiger partial charge on any atom is 0.209 e. The van der Waals surface area contributed by atoms with Gasteiger partial charge in [-0.15, -0.1) is 0 Å². The van der Waals surface area contributed by atoms with Gasteiger partial charge in [0, 0.05) is 6.07 Å². The molecule has 2 rings (SSSR count). The topological polar surface area (TPSA) is 52.0 Å². The van der Waals surface area contributed by atoms with Gasteiger partial charge >= 0.3 is 0 Å². The molecule has 0 unspecified atom stereocenters. The summed E-state index contributed by atoms with van der Waals surface area (Å²) in [5.74, 6) is -0.0862. The van der Waals surface area contributed by atoms with E-state index in [1.54, 1.807) is 0 Å². The molecule has 0 atom stereocenters. The summed E-state index contributed by atoms with van der Waals surface area (Å²) in [7, 11) is 0. The van der Waals surface area contributed by atoms with Gasteiger partial charge in [0.1, 0.15) is 11.3 Å². The average Bonchev–Trinajstić information content (AvgIpc) is 2.47. The fraction of sp³-hybridized carbons (Fsp3) is 0.125. The molecule has 0 aliphatic heterocycles. The molecule has 3 nitrogen and oxygen atoms in total. The Balaban J connectivity index is 2.75. The van der Waals surface area contributed by atoms with Crippen molar-refractivity contribution in [3.05, 3.63) is 28.9 Å². The molecule has 0 fully saturated rings. The van der Waals surface area contributed by atoms with Crippen molar-refractivity contribution in [3.63, 3.8) is 0 Å². The molecule has 0 spiro atoms. The molecule has 0 bridgehead atoms. The molecular formula is C8H6ClFN2O. The predicted molar refractivity (Wildman–Crippen MR) is 46.9 cm³/mol. The molecule has 68 valence electrons. The Morgan fingerprint density at radius 2 is 2.31 bits per heavy atom. The van der Waals surface area contributed by atoms with Crippen LogP contribution in [0.2, 0.25) is 5.02 Å². The Morgan fingerprint density at radius 3 is 3.00 bits per heavy atom. The summed E-state index contributed by atoms with van der Waals surface area (Å²) in [5.41, 5.74) is 6.08. The van der Waals surface area contributed by atoms with Crippen LogP contribution in [-0.2, 0) is 6.54 Å². The van der Waals surface area contributed by atoms with Crippen molar-refractivity contribution in [2.24, 2.45) is 5.73 Å². The van der Waals surface area contributed by atoms with Gasteiger partial charge in [-0.3, -0.25) is 0 Å². The Hall–Kier alpha value is -1.13. The zero-order chi connectivity index (χ0) is 9.42. The molecule has 1 aromatic heterocycles. The third kappa shape index (κ3) is 1.38. The Morgan fingerprint density at radius 1 is 1.54 bits per heavy atom. The monoisotopic (exact) mass is 200 g/mol. The average molecular weight is 201 g/mol. The molecule has 13 heavy (non-hydrogen) atoms. The fourth-order valence-corrected chi connectivity index (χ4v) is 1.33. The first-order chi connectivity index (χ1) is 6.20. The smallest absolute Gasteiger partial charge is 0.209 e. The van der Waals surface area contributed by atoms with Crippen LogP contribution in [0.25, 0.3) is 11.1 Å². The highest BCUT2D eigenvalue weighted by Crippen LogP contribution is 2.25. The van der Waals surface area contributed by atoms with Crippen molar-refractivity contribution >= 4 is 22.7 Å². The van der Waals surface area contributed by atoms with E-state index in [9.17, 15) is 4.39 Å². The van der Waals surface area contributed by atoms with Gasteiger partial charge in [0.25, 0.3) is 0 Å². The van der Waals surface area contributed by atoms with Crippen LogP contribution in [0.15, 0.2) is 16.5 Å². The van der Waals surface area contributed by atoms with E-state index < -0.39 is 5.82 Å². The minimum absolute atomic E-state index is 0.173. The second kappa shape index (κ2) is 2.97. The van der Waals surface area contributed by atoms with Crippen LogP contribution in [0, 0.1) is 5.82 Å². The van der Waals surface area contributed by atoms with Crippen LogP contribution in [0.5, 0.6) is 0 Å². The quantitative estimate of drug-likeness (QED) is 0.767. The zero-order valence-corrected chi connectivity index (χ0v) is 7.31. The number of nitrogens with zero attached hydrogens (tertiary/aromatic N) is 1. The number of oxazole rings is 1. The maximum atomic E-state index is 12.8. The first-order valence-electron chi connectivity index (χ1n) is 3.65. The zero-order valence-electron chi connectivity index (χ0n) is 6.55. The van der Waals surface area contributed by atoms with Gasteiger partial charge < -0.3 is 10.2 Å². The second-order valence-electron chi connectivity index (χ2n) is 2.55. The summed E-state index contributed by atoms with van der Waals surface area (Å²) < 4.78 is 18.0. The molecule has 2 N–H and O–H groups in total. The van der Waals surface area contributed by atoms with Crippen molar-refractivity contribution in [2.45, 2.75) is 6.54 Å². The van der Waals surface area contributed by atoms with Crippen molar-refractivity contribution in [1.82, 2.24) is 4.98 Å². The highest BCUT2D eigenvalue weighted by molar-refractivity contribution is 6.34. The summed E-state index contributed by atoms with van der Waals surface area (Å²) in [6.45, 7) is 0.173. The van der Waals surface area contributed by atoms with Gasteiger partial charge in [-0.1, -0.05) is 11.6 Å². The van der Waals surface area contributed by atoms with Gasteiger partial charge in [-0.05, 0) is 6.07 Å². The van der Waals surface area contributed by atoms with Crippen molar-refractivity contribution in [3.8, 4) is 0 Å². The van der Waals surface area contributed by atoms with E-state index in [0.717, 1.165) is 0 Å². The molecule has 2 aromatic rings. The van der Waals surface area contributed by atoms with Gasteiger partial charge in [-0.25, -0.2) is 9.37 Å². The van der Waals surface area contributed by atoms with Gasteiger partial charge in [0.15, 0.2) is 5.58 Å². The van der Waals surface area contributed by atoms with Crippen molar-refractivity contribution in [1.29, 1.82) is 0 Å². The first kappa shape index (κ1) is 8.47. The van der Waals surface area contributed by atoms with E-state index in [-0.39, 0.29) is 11.6 Å². The number of fused-ring (bicyclic) bond motifs is 1. The Labute approximate surface area is 78.3 Å². The normalized spacial score (nSPS) is 11.0. The molecule has 0 radical (unpaired) electrons. The summed E-state index contributed by atoms with van der Waals surface area (Å²) >= 11 is 5.72. The molecular weight excluding hydrogens is 195 g/mol. The maximum absolute atomic E-state index is 12.8. The summed E-state index contributed by atoms with van der Waals surface area (Å²) in [4.78, 5) is 3.94. The number of rotatable bonds is 1. The first-order valence-corrected chi connectivity index (χ1v) is 4.03. The molecule has 1 heterocycles. The SMILES string of the molecule is NCc1nc2cc(F)cc(Cl)c2o1. The predicted octanol–water partition coefficient (Wildman–Crippen LogP) is 2.08. The van der Waals surface area contributed by atoms with E-state index in [0.29, 0.717) is 17.0 Å². The number of benzene rings is 1. The summed E-state index contributed by atoms with van der Waals surface area (Å²) in [6, 6.07) is 2.43. The minimum atomic E-state index is -0.436. The highest BCUT2D eigenvalue weighted by Gasteiger charge is 2.09. The van der Waals surface area contributed by atoms with Gasteiger partial charge in [0.05, 0.1) is 11.6 Å². The molecule has 0 amide bonds. The lowest BCUT2D eigenvalue weighted by Gasteiger charge is -1.90. The fourth-order valence-electron chi connectivity index (χ4n) is 1.09. The van der Waals surface area contributed by atoms with E-state index in [1.807, 2.05) is 0 Å². The van der Waals surface area contributed by atoms with E-state index >= 15 is 0 Å². The van der Waals surface area contributed by atoms with E-state index in [1.165, 1.54) is 12.1 Å². The molecule has 0 aliphatic rings. The number of hydrogen-bond acceptors (Lipinski definition) is 3. The molecule has 0 saturated heterocycles. The second-order valence-corrected chi connectivity index (χ2v) is 2.95. The number of halogens is 2. The lowest BCUT2D eigenvalue weighted by atomic mass is 10.3. The van der Waals surface area contributed by atoms with Crippen LogP contribution < -0.4 is 5.73 Å². The standard InChI is InChI=1S/C8H6ClFN2O/c9-5-1-4(10)2-6-8(5)13-7(3-11)12-6/h1-2H,3,11H2. The summed E-state index contributed by atoms with van der Waals surface area (Å²) in [6.07, 6.45) is 0. The van der Waals surface area contributed by atoms with E-state index in [4.69, 9.17) is 21.8 Å². The Kier molecular flexibility index (Phi) is 1.94. The third-order valence-electron chi connectivity index (χ3n) is 1.63. The largest absolute Gasteiger partial charge is 0.438 e. The highest BCUT2D eigenvalue weighted by atomic mass is 35.5. The summed E-state index contributed by atoms with van der Waals surface area (Å²) in [5, 5.41) is 0.210. The number of aromatic nitrogens is 1.